The summed E-state index contributed by atoms with van der Waals surface area (Å²) in [5.41, 5.74) is 0.00660. The summed E-state index contributed by atoms with van der Waals surface area (Å²) in [6.45, 7) is 9.81. The third-order valence-corrected chi connectivity index (χ3v) is 2.23. The average Bonchev–Trinajstić information content (AvgIpc) is 2.45. The Morgan fingerprint density at radius 2 is 1.93 bits per heavy atom. The van der Waals surface area contributed by atoms with Crippen LogP contribution in [-0.2, 0) is 5.41 Å². The highest BCUT2D eigenvalue weighted by atomic mass is 16.4. The van der Waals surface area contributed by atoms with Crippen molar-refractivity contribution in [1.82, 2.24) is 0 Å². The molecule has 0 aliphatic carbocycles. The summed E-state index contributed by atoms with van der Waals surface area (Å²) in [5.74, 6) is 0.575. The average molecular weight is 210 g/mol. The van der Waals surface area contributed by atoms with Crippen LogP contribution in [0.4, 0.5) is 0 Å². The van der Waals surface area contributed by atoms with Gasteiger partial charge in [-0.05, 0) is 6.07 Å². The van der Waals surface area contributed by atoms with Crippen molar-refractivity contribution in [3.8, 4) is 0 Å². The van der Waals surface area contributed by atoms with Crippen LogP contribution in [0.5, 0.6) is 0 Å². The number of carboxylic acids is 1. The van der Waals surface area contributed by atoms with Gasteiger partial charge in [-0.1, -0.05) is 34.6 Å². The molecule has 0 fully saturated rings. The van der Waals surface area contributed by atoms with E-state index in [0.29, 0.717) is 5.76 Å². The van der Waals surface area contributed by atoms with E-state index in [1.807, 2.05) is 34.6 Å². The number of hydrogen-bond acceptors (Lipinski definition) is 2. The van der Waals surface area contributed by atoms with Gasteiger partial charge >= 0.3 is 5.97 Å². The first-order valence-electron chi connectivity index (χ1n) is 5.11. The zero-order valence-electron chi connectivity index (χ0n) is 9.92. The Balaban J connectivity index is 3.30. The number of rotatable bonds is 2. The molecule has 84 valence electrons. The maximum Gasteiger partial charge on any atom is 0.339 e. The smallest absolute Gasteiger partial charge is 0.339 e. The van der Waals surface area contributed by atoms with Crippen LogP contribution in [0.1, 0.15) is 62.4 Å². The molecule has 15 heavy (non-hydrogen) atoms. The largest absolute Gasteiger partial charge is 0.478 e. The number of aromatic carboxylic acids is 1. The molecule has 0 atom stereocenters. The molecule has 0 bridgehead atoms. The lowest BCUT2D eigenvalue weighted by Crippen LogP contribution is -2.14. The molecule has 0 spiro atoms. The molecule has 0 aliphatic rings. The van der Waals surface area contributed by atoms with E-state index in [1.54, 1.807) is 6.07 Å². The van der Waals surface area contributed by atoms with E-state index in [-0.39, 0.29) is 16.9 Å². The number of carbonyl (C=O) groups is 1. The second-order valence-electron chi connectivity index (χ2n) is 5.10. The summed E-state index contributed by atoms with van der Waals surface area (Å²) < 4.78 is 5.62. The van der Waals surface area contributed by atoms with Crippen LogP contribution in [0.25, 0.3) is 0 Å². The first kappa shape index (κ1) is 11.8. The molecule has 0 aromatic carbocycles. The van der Waals surface area contributed by atoms with Gasteiger partial charge < -0.3 is 9.52 Å². The van der Waals surface area contributed by atoms with Crippen molar-refractivity contribution in [2.24, 2.45) is 0 Å². The van der Waals surface area contributed by atoms with Crippen molar-refractivity contribution < 1.29 is 14.3 Å². The van der Waals surface area contributed by atoms with Crippen molar-refractivity contribution in [3.05, 3.63) is 23.2 Å². The van der Waals surface area contributed by atoms with Crippen LogP contribution in [0.15, 0.2) is 10.5 Å². The Morgan fingerprint density at radius 3 is 2.20 bits per heavy atom. The molecule has 1 heterocycles. The van der Waals surface area contributed by atoms with Crippen LogP contribution >= 0.6 is 0 Å². The summed E-state index contributed by atoms with van der Waals surface area (Å²) >= 11 is 0. The normalized spacial score (nSPS) is 12.1. The summed E-state index contributed by atoms with van der Waals surface area (Å²) in [4.78, 5) is 11.0. The monoisotopic (exact) mass is 210 g/mol. The third-order valence-electron chi connectivity index (χ3n) is 2.23. The number of carboxylic acid groups (broad SMARTS) is 1. The van der Waals surface area contributed by atoms with E-state index in [0.717, 1.165) is 5.76 Å². The molecule has 3 heteroatoms. The van der Waals surface area contributed by atoms with Crippen LogP contribution in [0.3, 0.4) is 0 Å². The summed E-state index contributed by atoms with van der Waals surface area (Å²) in [6, 6.07) is 1.63. The van der Waals surface area contributed by atoms with Crippen LogP contribution in [-0.4, -0.2) is 11.1 Å². The summed E-state index contributed by atoms with van der Waals surface area (Å²) in [6.07, 6.45) is 0. The lowest BCUT2D eigenvalue weighted by molar-refractivity contribution is 0.0692. The number of hydrogen-bond donors (Lipinski definition) is 1. The van der Waals surface area contributed by atoms with Crippen molar-refractivity contribution in [3.63, 3.8) is 0 Å². The van der Waals surface area contributed by atoms with Crippen molar-refractivity contribution in [2.75, 3.05) is 0 Å². The van der Waals surface area contributed by atoms with Gasteiger partial charge in [0.25, 0.3) is 0 Å². The van der Waals surface area contributed by atoms with E-state index in [2.05, 4.69) is 0 Å². The minimum atomic E-state index is -0.921. The second kappa shape index (κ2) is 3.72. The first-order valence-corrected chi connectivity index (χ1v) is 5.11. The quantitative estimate of drug-likeness (QED) is 0.813. The van der Waals surface area contributed by atoms with Gasteiger partial charge in [0.2, 0.25) is 0 Å². The Labute approximate surface area is 90.1 Å². The Morgan fingerprint density at radius 1 is 1.40 bits per heavy atom. The predicted molar refractivity (Wildman–Crippen MR) is 58.5 cm³/mol. The summed E-state index contributed by atoms with van der Waals surface area (Å²) in [7, 11) is 0. The molecule has 0 amide bonds. The highest BCUT2D eigenvalue weighted by Crippen LogP contribution is 2.31. The van der Waals surface area contributed by atoms with Gasteiger partial charge in [0, 0.05) is 11.3 Å². The van der Waals surface area contributed by atoms with Gasteiger partial charge in [-0.3, -0.25) is 0 Å². The Bertz CT molecular complexity index is 367. The van der Waals surface area contributed by atoms with Crippen LogP contribution in [0, 0.1) is 0 Å². The minimum Gasteiger partial charge on any atom is -0.478 e. The molecule has 1 aromatic rings. The van der Waals surface area contributed by atoms with Crippen LogP contribution < -0.4 is 0 Å². The molecular formula is C12H18O3. The van der Waals surface area contributed by atoms with E-state index in [4.69, 9.17) is 9.52 Å². The van der Waals surface area contributed by atoms with Crippen molar-refractivity contribution in [2.45, 2.75) is 46.0 Å². The molecule has 1 N–H and O–H groups in total. The van der Waals surface area contributed by atoms with Gasteiger partial charge in [0.15, 0.2) is 0 Å². The first-order chi connectivity index (χ1) is 6.73. The van der Waals surface area contributed by atoms with E-state index in [9.17, 15) is 4.79 Å². The zero-order valence-corrected chi connectivity index (χ0v) is 9.92. The topological polar surface area (TPSA) is 50.4 Å². The number of furan rings is 1. The van der Waals surface area contributed by atoms with Gasteiger partial charge in [0.1, 0.15) is 17.1 Å². The van der Waals surface area contributed by atoms with Crippen LogP contribution in [0.2, 0.25) is 0 Å². The molecule has 0 unspecified atom stereocenters. The summed E-state index contributed by atoms with van der Waals surface area (Å²) in [5, 5.41) is 9.06. The van der Waals surface area contributed by atoms with Crippen molar-refractivity contribution in [1.29, 1.82) is 0 Å². The molecule has 0 saturated carbocycles. The SMILES string of the molecule is CC(C)c1cc(C(=O)O)c(C(C)(C)C)o1. The molecule has 1 rings (SSSR count). The predicted octanol–water partition coefficient (Wildman–Crippen LogP) is 3.40. The molecule has 0 saturated heterocycles. The van der Waals surface area contributed by atoms with E-state index < -0.39 is 5.97 Å². The Hall–Kier alpha value is -1.25. The molecule has 0 aliphatic heterocycles. The molecule has 1 aromatic heterocycles. The molecule has 3 nitrogen and oxygen atoms in total. The van der Waals surface area contributed by atoms with Gasteiger partial charge in [-0.25, -0.2) is 4.79 Å². The highest BCUT2D eigenvalue weighted by Gasteiger charge is 2.27. The lowest BCUT2D eigenvalue weighted by atomic mass is 9.90. The Kier molecular flexibility index (Phi) is 2.93. The maximum absolute atomic E-state index is 11.0. The lowest BCUT2D eigenvalue weighted by Gasteiger charge is -2.16. The maximum atomic E-state index is 11.0. The fourth-order valence-electron chi connectivity index (χ4n) is 1.41. The zero-order chi connectivity index (χ0) is 11.8. The van der Waals surface area contributed by atoms with E-state index in [1.165, 1.54) is 0 Å². The van der Waals surface area contributed by atoms with E-state index >= 15 is 0 Å². The standard InChI is InChI=1S/C12H18O3/c1-7(2)9-6-8(11(13)14)10(15-9)12(3,4)5/h6-7H,1-5H3,(H,13,14). The minimum absolute atomic E-state index is 0.208. The third kappa shape index (κ3) is 2.41. The highest BCUT2D eigenvalue weighted by molar-refractivity contribution is 5.89. The van der Waals surface area contributed by atoms with Gasteiger partial charge in [0.05, 0.1) is 0 Å². The fraction of sp³-hybridized carbons (Fsp3) is 0.583. The van der Waals surface area contributed by atoms with Crippen molar-refractivity contribution >= 4 is 5.97 Å². The molecular weight excluding hydrogens is 192 g/mol. The van der Waals surface area contributed by atoms with Gasteiger partial charge in [-0.15, -0.1) is 0 Å². The van der Waals surface area contributed by atoms with Gasteiger partial charge in [-0.2, -0.15) is 0 Å². The fourth-order valence-corrected chi connectivity index (χ4v) is 1.41. The second-order valence-corrected chi connectivity index (χ2v) is 5.10. The molecule has 0 radical (unpaired) electrons.